The van der Waals surface area contributed by atoms with E-state index in [0.29, 0.717) is 0 Å². The van der Waals surface area contributed by atoms with Gasteiger partial charge in [0.1, 0.15) is 6.54 Å². The molecule has 1 amide bonds. The van der Waals surface area contributed by atoms with Gasteiger partial charge in [0, 0.05) is 5.69 Å². The Balaban J connectivity index is 1.82. The molecule has 0 bridgehead atoms. The first kappa shape index (κ1) is 13.4. The maximum Gasteiger partial charge on any atom is 0.244 e. The van der Waals surface area contributed by atoms with Crippen molar-refractivity contribution in [3.05, 3.63) is 59.9 Å². The largest absolute Gasteiger partial charge is 0.325 e. The summed E-state index contributed by atoms with van der Waals surface area (Å²) in [4.78, 5) is 16.5. The Bertz CT molecular complexity index is 790. The van der Waals surface area contributed by atoms with E-state index in [9.17, 15) is 4.79 Å². The monoisotopic (exact) mass is 279 g/mol. The molecule has 0 spiro atoms. The van der Waals surface area contributed by atoms with Crippen LogP contribution in [0, 0.1) is 13.8 Å². The second kappa shape index (κ2) is 5.40. The zero-order valence-corrected chi connectivity index (χ0v) is 12.1. The van der Waals surface area contributed by atoms with Crippen LogP contribution in [0.1, 0.15) is 11.1 Å². The van der Waals surface area contributed by atoms with Gasteiger partial charge in [-0.05, 0) is 49.2 Å². The zero-order valence-electron chi connectivity index (χ0n) is 12.1. The van der Waals surface area contributed by atoms with Crippen LogP contribution in [0.15, 0.2) is 48.8 Å². The third-order valence-corrected chi connectivity index (χ3v) is 3.61. The van der Waals surface area contributed by atoms with Gasteiger partial charge in [0.15, 0.2) is 0 Å². The van der Waals surface area contributed by atoms with Gasteiger partial charge in [-0.15, -0.1) is 0 Å². The lowest BCUT2D eigenvalue weighted by Gasteiger charge is -2.07. The van der Waals surface area contributed by atoms with Gasteiger partial charge in [0.2, 0.25) is 5.91 Å². The van der Waals surface area contributed by atoms with Crippen molar-refractivity contribution in [3.8, 4) is 0 Å². The molecule has 106 valence electrons. The van der Waals surface area contributed by atoms with Crippen molar-refractivity contribution in [1.82, 2.24) is 9.55 Å². The molecule has 3 aromatic rings. The summed E-state index contributed by atoms with van der Waals surface area (Å²) in [5.74, 6) is -0.0567. The molecule has 4 heteroatoms. The molecular weight excluding hydrogens is 262 g/mol. The Morgan fingerprint density at radius 2 is 1.86 bits per heavy atom. The lowest BCUT2D eigenvalue weighted by Crippen LogP contribution is -2.18. The molecule has 0 radical (unpaired) electrons. The van der Waals surface area contributed by atoms with Crippen molar-refractivity contribution >= 4 is 22.6 Å². The fourth-order valence-electron chi connectivity index (χ4n) is 2.32. The number of anilines is 1. The smallest absolute Gasteiger partial charge is 0.244 e. The number of rotatable bonds is 3. The Hall–Kier alpha value is -2.62. The summed E-state index contributed by atoms with van der Waals surface area (Å²) in [6.07, 6.45) is 1.72. The van der Waals surface area contributed by atoms with Crippen molar-refractivity contribution in [2.45, 2.75) is 20.4 Å². The number of hydrogen-bond donors (Lipinski definition) is 1. The average Bonchev–Trinajstić information content (AvgIpc) is 2.83. The standard InChI is InChI=1S/C17H17N3O/c1-12-8-15-16(9-13(12)2)20(11-18-15)10-17(21)19-14-6-4-3-5-7-14/h3-9,11H,10H2,1-2H3,(H,19,21). The molecular formula is C17H17N3O. The summed E-state index contributed by atoms with van der Waals surface area (Å²) in [6.45, 7) is 4.39. The number of fused-ring (bicyclic) bond motifs is 1. The zero-order chi connectivity index (χ0) is 14.8. The van der Waals surface area contributed by atoms with Crippen LogP contribution in [-0.4, -0.2) is 15.5 Å². The van der Waals surface area contributed by atoms with Crippen LogP contribution < -0.4 is 5.32 Å². The summed E-state index contributed by atoms with van der Waals surface area (Å²) in [5.41, 5.74) is 5.13. The summed E-state index contributed by atoms with van der Waals surface area (Å²) >= 11 is 0. The molecule has 1 aromatic heterocycles. The number of para-hydroxylation sites is 1. The van der Waals surface area contributed by atoms with Gasteiger partial charge in [0.25, 0.3) is 0 Å². The van der Waals surface area contributed by atoms with E-state index in [0.717, 1.165) is 16.7 Å². The molecule has 3 rings (SSSR count). The highest BCUT2D eigenvalue weighted by atomic mass is 16.1. The van der Waals surface area contributed by atoms with E-state index >= 15 is 0 Å². The van der Waals surface area contributed by atoms with Gasteiger partial charge >= 0.3 is 0 Å². The third kappa shape index (κ3) is 2.79. The van der Waals surface area contributed by atoms with Gasteiger partial charge < -0.3 is 9.88 Å². The maximum absolute atomic E-state index is 12.1. The molecule has 0 unspecified atom stereocenters. The highest BCUT2D eigenvalue weighted by Gasteiger charge is 2.09. The molecule has 0 fully saturated rings. The Morgan fingerprint density at radius 3 is 2.62 bits per heavy atom. The Labute approximate surface area is 123 Å². The SMILES string of the molecule is Cc1cc2ncn(CC(=O)Nc3ccccc3)c2cc1C. The molecule has 21 heavy (non-hydrogen) atoms. The van der Waals surface area contributed by atoms with Gasteiger partial charge in [-0.25, -0.2) is 4.98 Å². The molecule has 4 nitrogen and oxygen atoms in total. The second-order valence-electron chi connectivity index (χ2n) is 5.21. The number of carbonyl (C=O) groups excluding carboxylic acids is 1. The van der Waals surface area contributed by atoms with Crippen molar-refractivity contribution in [1.29, 1.82) is 0 Å². The van der Waals surface area contributed by atoms with E-state index < -0.39 is 0 Å². The number of nitrogens with zero attached hydrogens (tertiary/aromatic N) is 2. The fraction of sp³-hybridized carbons (Fsp3) is 0.176. The van der Waals surface area contributed by atoms with Gasteiger partial charge in [0.05, 0.1) is 17.4 Å². The van der Waals surface area contributed by atoms with Crippen LogP contribution in [0.2, 0.25) is 0 Å². The summed E-state index contributed by atoms with van der Waals surface area (Å²) in [6, 6.07) is 13.6. The summed E-state index contributed by atoms with van der Waals surface area (Å²) in [5, 5.41) is 2.88. The molecule has 2 aromatic carbocycles. The first-order valence-electron chi connectivity index (χ1n) is 6.90. The van der Waals surface area contributed by atoms with Crippen molar-refractivity contribution in [2.75, 3.05) is 5.32 Å². The lowest BCUT2D eigenvalue weighted by atomic mass is 10.1. The molecule has 1 N–H and O–H groups in total. The minimum Gasteiger partial charge on any atom is -0.325 e. The summed E-state index contributed by atoms with van der Waals surface area (Å²) in [7, 11) is 0. The van der Waals surface area contributed by atoms with Crippen LogP contribution >= 0.6 is 0 Å². The number of aromatic nitrogens is 2. The fourth-order valence-corrected chi connectivity index (χ4v) is 2.32. The van der Waals surface area contributed by atoms with Crippen molar-refractivity contribution in [2.24, 2.45) is 0 Å². The number of benzene rings is 2. The van der Waals surface area contributed by atoms with Crippen molar-refractivity contribution in [3.63, 3.8) is 0 Å². The quantitative estimate of drug-likeness (QED) is 0.799. The first-order valence-corrected chi connectivity index (χ1v) is 6.90. The molecule has 0 aliphatic rings. The van der Waals surface area contributed by atoms with E-state index in [1.54, 1.807) is 6.33 Å². The molecule has 0 aliphatic carbocycles. The minimum atomic E-state index is -0.0567. The molecule has 0 atom stereocenters. The third-order valence-electron chi connectivity index (χ3n) is 3.61. The van der Waals surface area contributed by atoms with E-state index in [1.165, 1.54) is 11.1 Å². The number of amides is 1. The van der Waals surface area contributed by atoms with Gasteiger partial charge in [-0.3, -0.25) is 4.79 Å². The van der Waals surface area contributed by atoms with Crippen LogP contribution in [0.3, 0.4) is 0 Å². The van der Waals surface area contributed by atoms with Crippen LogP contribution in [0.5, 0.6) is 0 Å². The number of carbonyl (C=O) groups is 1. The maximum atomic E-state index is 12.1. The van der Waals surface area contributed by atoms with E-state index in [4.69, 9.17) is 0 Å². The highest BCUT2D eigenvalue weighted by Crippen LogP contribution is 2.18. The molecule has 1 heterocycles. The molecule has 0 saturated heterocycles. The first-order chi connectivity index (χ1) is 10.1. The predicted molar refractivity (Wildman–Crippen MR) is 84.3 cm³/mol. The lowest BCUT2D eigenvalue weighted by molar-refractivity contribution is -0.116. The normalized spacial score (nSPS) is 10.8. The summed E-state index contributed by atoms with van der Waals surface area (Å²) < 4.78 is 1.88. The van der Waals surface area contributed by atoms with E-state index in [1.807, 2.05) is 34.9 Å². The van der Waals surface area contributed by atoms with E-state index in [-0.39, 0.29) is 12.5 Å². The van der Waals surface area contributed by atoms with Crippen LogP contribution in [0.25, 0.3) is 11.0 Å². The number of hydrogen-bond acceptors (Lipinski definition) is 2. The van der Waals surface area contributed by atoms with E-state index in [2.05, 4.69) is 36.3 Å². The number of imidazole rings is 1. The van der Waals surface area contributed by atoms with Gasteiger partial charge in [-0.1, -0.05) is 18.2 Å². The highest BCUT2D eigenvalue weighted by molar-refractivity contribution is 5.91. The Morgan fingerprint density at radius 1 is 1.14 bits per heavy atom. The van der Waals surface area contributed by atoms with Gasteiger partial charge in [-0.2, -0.15) is 0 Å². The number of aryl methyl sites for hydroxylation is 2. The number of nitrogens with one attached hydrogen (secondary N) is 1. The topological polar surface area (TPSA) is 46.9 Å². The minimum absolute atomic E-state index is 0.0567. The Kier molecular flexibility index (Phi) is 3.44. The van der Waals surface area contributed by atoms with Crippen LogP contribution in [-0.2, 0) is 11.3 Å². The van der Waals surface area contributed by atoms with Crippen molar-refractivity contribution < 1.29 is 4.79 Å². The predicted octanol–water partition coefficient (Wildman–Crippen LogP) is 3.29. The average molecular weight is 279 g/mol. The molecule has 0 saturated carbocycles. The second-order valence-corrected chi connectivity index (χ2v) is 5.21. The molecule has 0 aliphatic heterocycles. The van der Waals surface area contributed by atoms with Crippen LogP contribution in [0.4, 0.5) is 5.69 Å².